The third-order valence-electron chi connectivity index (χ3n) is 4.60. The van der Waals surface area contributed by atoms with E-state index in [9.17, 15) is 13.2 Å². The van der Waals surface area contributed by atoms with E-state index in [-0.39, 0.29) is 21.8 Å². The maximum Gasteiger partial charge on any atom is 0.196 e. The smallest absolute Gasteiger partial charge is 0.196 e. The van der Waals surface area contributed by atoms with Crippen LogP contribution in [0.4, 0.5) is 5.69 Å². The van der Waals surface area contributed by atoms with Gasteiger partial charge >= 0.3 is 0 Å². The lowest BCUT2D eigenvalue weighted by Gasteiger charge is -2.19. The van der Waals surface area contributed by atoms with Crippen molar-refractivity contribution >= 4 is 44.9 Å². The number of benzene rings is 2. The van der Waals surface area contributed by atoms with Crippen molar-refractivity contribution in [2.24, 2.45) is 0 Å². The average Bonchev–Trinajstić information content (AvgIpc) is 2.71. The molecule has 3 rings (SSSR count). The molecule has 0 spiro atoms. The molecule has 162 valence electrons. The summed E-state index contributed by atoms with van der Waals surface area (Å²) in [6, 6.07) is 16.0. The first-order valence-corrected chi connectivity index (χ1v) is 12.6. The van der Waals surface area contributed by atoms with Crippen LogP contribution in [0, 0.1) is 0 Å². The van der Waals surface area contributed by atoms with E-state index in [0.29, 0.717) is 16.3 Å². The van der Waals surface area contributed by atoms with Crippen LogP contribution in [-0.4, -0.2) is 25.4 Å². The summed E-state index contributed by atoms with van der Waals surface area (Å²) in [5.41, 5.74) is 2.57. The van der Waals surface area contributed by atoms with E-state index in [2.05, 4.69) is 42.6 Å². The van der Waals surface area contributed by atoms with Gasteiger partial charge in [-0.15, -0.1) is 0 Å². The summed E-state index contributed by atoms with van der Waals surface area (Å²) in [5.74, 6) is -0.304. The highest BCUT2D eigenvalue weighted by atomic mass is 35.5. The third-order valence-corrected chi connectivity index (χ3v) is 6.67. The lowest BCUT2D eigenvalue weighted by Crippen LogP contribution is -2.10. The van der Waals surface area contributed by atoms with Crippen LogP contribution < -0.4 is 4.72 Å². The molecule has 5 nitrogen and oxygen atoms in total. The lowest BCUT2D eigenvalue weighted by atomic mass is 9.87. The molecule has 3 aromatic rings. The van der Waals surface area contributed by atoms with Gasteiger partial charge in [-0.3, -0.25) is 4.79 Å². The fourth-order valence-corrected chi connectivity index (χ4v) is 4.23. The molecule has 0 unspecified atom stereocenters. The Balaban J connectivity index is 1.83. The molecular formula is C23H23ClN2O3S2. The van der Waals surface area contributed by atoms with E-state index < -0.39 is 9.84 Å². The number of anilines is 1. The molecule has 0 saturated carbocycles. The number of hydrogen-bond donors (Lipinski definition) is 1. The number of pyridine rings is 1. The SMILES string of the molecule is CC(C)(C)c1ccc(SNc2ccc(Cl)cc2C(=O)c2ccc(S(C)(=O)=O)nc2)cc1. The molecule has 1 heterocycles. The van der Waals surface area contributed by atoms with Crippen molar-refractivity contribution in [3.63, 3.8) is 0 Å². The van der Waals surface area contributed by atoms with Gasteiger partial charge in [-0.25, -0.2) is 13.4 Å². The highest BCUT2D eigenvalue weighted by Gasteiger charge is 2.17. The minimum Gasteiger partial charge on any atom is -0.325 e. The first kappa shape index (κ1) is 23.3. The van der Waals surface area contributed by atoms with E-state index in [4.69, 9.17) is 11.6 Å². The summed E-state index contributed by atoms with van der Waals surface area (Å²) in [7, 11) is -3.44. The van der Waals surface area contributed by atoms with Crippen LogP contribution in [0.2, 0.25) is 5.02 Å². The van der Waals surface area contributed by atoms with Gasteiger partial charge < -0.3 is 4.72 Å². The normalized spacial score (nSPS) is 11.9. The summed E-state index contributed by atoms with van der Waals surface area (Å²) in [4.78, 5) is 18.0. The zero-order valence-electron chi connectivity index (χ0n) is 17.6. The minimum atomic E-state index is -3.44. The average molecular weight is 475 g/mol. The van der Waals surface area contributed by atoms with E-state index in [1.807, 2.05) is 12.1 Å². The summed E-state index contributed by atoms with van der Waals surface area (Å²) >= 11 is 7.52. The molecule has 2 aromatic carbocycles. The van der Waals surface area contributed by atoms with Crippen molar-refractivity contribution in [3.8, 4) is 0 Å². The topological polar surface area (TPSA) is 76.1 Å². The van der Waals surface area contributed by atoms with Gasteiger partial charge in [0.05, 0.1) is 5.69 Å². The predicted octanol–water partition coefficient (Wildman–Crippen LogP) is 5.79. The van der Waals surface area contributed by atoms with Gasteiger partial charge in [0.2, 0.25) is 0 Å². The Morgan fingerprint density at radius 1 is 1.03 bits per heavy atom. The van der Waals surface area contributed by atoms with Crippen molar-refractivity contribution in [2.75, 3.05) is 11.0 Å². The number of sulfone groups is 1. The van der Waals surface area contributed by atoms with Crippen LogP contribution in [-0.2, 0) is 15.3 Å². The molecule has 1 aromatic heterocycles. The second-order valence-corrected chi connectivity index (χ2v) is 11.4. The van der Waals surface area contributed by atoms with Crippen molar-refractivity contribution in [1.29, 1.82) is 0 Å². The Bertz CT molecular complexity index is 1200. The highest BCUT2D eigenvalue weighted by Crippen LogP contribution is 2.30. The fourth-order valence-electron chi connectivity index (χ4n) is 2.82. The Hall–Kier alpha value is -2.35. The molecule has 0 saturated heterocycles. The Morgan fingerprint density at radius 2 is 1.71 bits per heavy atom. The first-order chi connectivity index (χ1) is 14.4. The van der Waals surface area contributed by atoms with Gasteiger partial charge in [0, 0.05) is 33.5 Å². The molecule has 0 aliphatic heterocycles. The summed E-state index contributed by atoms with van der Waals surface area (Å²) in [6.45, 7) is 6.49. The number of rotatable bonds is 6. The number of halogens is 1. The molecular weight excluding hydrogens is 452 g/mol. The molecule has 31 heavy (non-hydrogen) atoms. The number of carbonyl (C=O) groups is 1. The molecule has 0 aliphatic rings. The van der Waals surface area contributed by atoms with Crippen molar-refractivity contribution in [3.05, 3.63) is 82.5 Å². The van der Waals surface area contributed by atoms with E-state index in [0.717, 1.165) is 11.2 Å². The molecule has 0 bridgehead atoms. The van der Waals surface area contributed by atoms with Gasteiger partial charge in [-0.2, -0.15) is 0 Å². The second-order valence-electron chi connectivity index (χ2n) is 8.15. The number of hydrogen-bond acceptors (Lipinski definition) is 6. The zero-order valence-corrected chi connectivity index (χ0v) is 20.0. The number of ketones is 1. The Kier molecular flexibility index (Phi) is 6.79. The highest BCUT2D eigenvalue weighted by molar-refractivity contribution is 8.00. The largest absolute Gasteiger partial charge is 0.325 e. The number of nitrogens with one attached hydrogen (secondary N) is 1. The molecule has 0 amide bonds. The molecule has 0 aliphatic carbocycles. The monoisotopic (exact) mass is 474 g/mol. The molecule has 0 atom stereocenters. The predicted molar refractivity (Wildman–Crippen MR) is 127 cm³/mol. The van der Waals surface area contributed by atoms with Gasteiger partial charge in [-0.1, -0.05) is 44.5 Å². The minimum absolute atomic E-state index is 0.0765. The quantitative estimate of drug-likeness (QED) is 0.360. The van der Waals surface area contributed by atoms with Crippen molar-refractivity contribution in [2.45, 2.75) is 36.1 Å². The van der Waals surface area contributed by atoms with E-state index >= 15 is 0 Å². The van der Waals surface area contributed by atoms with Crippen LogP contribution in [0.25, 0.3) is 0 Å². The summed E-state index contributed by atoms with van der Waals surface area (Å²) < 4.78 is 26.4. The molecule has 1 N–H and O–H groups in total. The van der Waals surface area contributed by atoms with Crippen LogP contribution >= 0.6 is 23.5 Å². The Labute approximate surface area is 192 Å². The number of carbonyl (C=O) groups excluding carboxylic acids is 1. The van der Waals surface area contributed by atoms with Crippen LogP contribution in [0.15, 0.2) is 70.7 Å². The standard InChI is InChI=1S/C23H23ClN2O3S2/c1-23(2,3)16-6-9-18(10-7-16)30-26-20-11-8-17(24)13-19(20)22(27)15-5-12-21(25-14-15)31(4,28)29/h5-14,26H,1-4H3. The van der Waals surface area contributed by atoms with E-state index in [1.54, 1.807) is 18.2 Å². The van der Waals surface area contributed by atoms with Gasteiger partial charge in [-0.05, 0) is 65.4 Å². The maximum absolute atomic E-state index is 13.0. The lowest BCUT2D eigenvalue weighted by molar-refractivity contribution is 0.103. The van der Waals surface area contributed by atoms with Crippen LogP contribution in [0.3, 0.4) is 0 Å². The summed E-state index contributed by atoms with van der Waals surface area (Å²) in [5, 5.41) is 0.344. The number of aromatic nitrogens is 1. The van der Waals surface area contributed by atoms with Crippen LogP contribution in [0.1, 0.15) is 42.3 Å². The second kappa shape index (κ2) is 9.02. The maximum atomic E-state index is 13.0. The number of nitrogens with zero attached hydrogens (tertiary/aromatic N) is 1. The van der Waals surface area contributed by atoms with Gasteiger partial charge in [0.1, 0.15) is 0 Å². The molecule has 8 heteroatoms. The fraction of sp³-hybridized carbons (Fsp3) is 0.217. The third kappa shape index (κ3) is 5.87. The first-order valence-electron chi connectivity index (χ1n) is 9.49. The molecule has 0 radical (unpaired) electrons. The van der Waals surface area contributed by atoms with Crippen LogP contribution in [0.5, 0.6) is 0 Å². The van der Waals surface area contributed by atoms with Crippen molar-refractivity contribution in [1.82, 2.24) is 4.98 Å². The van der Waals surface area contributed by atoms with Gasteiger partial charge in [0.25, 0.3) is 0 Å². The van der Waals surface area contributed by atoms with Crippen molar-refractivity contribution < 1.29 is 13.2 Å². The van der Waals surface area contributed by atoms with Gasteiger partial charge in [0.15, 0.2) is 20.6 Å². The Morgan fingerprint density at radius 3 is 2.26 bits per heavy atom. The molecule has 0 fully saturated rings. The van der Waals surface area contributed by atoms with E-state index in [1.165, 1.54) is 35.8 Å². The summed E-state index contributed by atoms with van der Waals surface area (Å²) in [6.07, 6.45) is 2.34. The zero-order chi connectivity index (χ0) is 22.8.